The van der Waals surface area contributed by atoms with Gasteiger partial charge in [0.2, 0.25) is 0 Å². The minimum Gasteiger partial charge on any atom is -0.494 e. The van der Waals surface area contributed by atoms with Crippen molar-refractivity contribution in [3.05, 3.63) is 59.7 Å². The van der Waals surface area contributed by atoms with Gasteiger partial charge in [-0.05, 0) is 60.7 Å². The fourth-order valence-corrected chi connectivity index (χ4v) is 2.36. The molecule has 0 heterocycles. The maximum Gasteiger partial charge on any atom is 0.269 e. The van der Waals surface area contributed by atoms with Crippen LogP contribution in [0.4, 0.5) is 0 Å². The molecule has 0 aromatic heterocycles. The molecule has 0 saturated carbocycles. The Bertz CT molecular complexity index is 801. The van der Waals surface area contributed by atoms with Crippen LogP contribution in [0.25, 0.3) is 0 Å². The number of ether oxygens (including phenoxy) is 2. The molecule has 0 fully saturated rings. The number of hydrogen-bond donors (Lipinski definition) is 2. The summed E-state index contributed by atoms with van der Waals surface area (Å²) in [6.45, 7) is 9.59. The van der Waals surface area contributed by atoms with Crippen LogP contribution in [0.5, 0.6) is 11.5 Å². The van der Waals surface area contributed by atoms with Crippen LogP contribution >= 0.6 is 0 Å². The van der Waals surface area contributed by atoms with Crippen molar-refractivity contribution in [3.63, 3.8) is 0 Å². The lowest BCUT2D eigenvalue weighted by atomic mass is 10.1. The minimum absolute atomic E-state index is 0.388. The van der Waals surface area contributed by atoms with Crippen molar-refractivity contribution in [2.45, 2.75) is 34.1 Å². The fraction of sp³-hybridized carbons (Fsp3) is 0.391. The Morgan fingerprint density at radius 1 is 0.793 bits per heavy atom. The van der Waals surface area contributed by atoms with Crippen molar-refractivity contribution in [3.8, 4) is 11.5 Å². The van der Waals surface area contributed by atoms with Gasteiger partial charge < -0.3 is 9.47 Å². The molecule has 2 N–H and O–H groups in total. The maximum absolute atomic E-state index is 12.3. The van der Waals surface area contributed by atoms with Gasteiger partial charge in [0.05, 0.1) is 13.2 Å². The molecule has 0 aliphatic carbocycles. The summed E-state index contributed by atoms with van der Waals surface area (Å²) < 4.78 is 11.3. The zero-order valence-electron chi connectivity index (χ0n) is 17.5. The second kappa shape index (κ2) is 11.1. The van der Waals surface area contributed by atoms with Gasteiger partial charge >= 0.3 is 0 Å². The molecule has 29 heavy (non-hydrogen) atoms. The van der Waals surface area contributed by atoms with Crippen LogP contribution in [0, 0.1) is 11.8 Å². The molecule has 2 aromatic rings. The van der Waals surface area contributed by atoms with Gasteiger partial charge in [0.15, 0.2) is 0 Å². The lowest BCUT2D eigenvalue weighted by Gasteiger charge is -2.11. The van der Waals surface area contributed by atoms with E-state index >= 15 is 0 Å². The third-order valence-corrected chi connectivity index (χ3v) is 4.05. The van der Waals surface area contributed by atoms with Crippen molar-refractivity contribution in [2.75, 3.05) is 13.2 Å². The maximum atomic E-state index is 12.3. The predicted molar refractivity (Wildman–Crippen MR) is 113 cm³/mol. The predicted octanol–water partition coefficient (Wildman–Crippen LogP) is 4.22. The third kappa shape index (κ3) is 7.86. The first-order chi connectivity index (χ1) is 13.8. The Kier molecular flexibility index (Phi) is 8.52. The Morgan fingerprint density at radius 3 is 2.07 bits per heavy atom. The SMILES string of the molecule is CC(C)CCOc1ccc(C(=O)NNC(=O)c2cccc(OCC(C)C)c2)cc1. The van der Waals surface area contributed by atoms with E-state index in [2.05, 4.69) is 38.5 Å². The number of nitrogens with one attached hydrogen (secondary N) is 2. The van der Waals surface area contributed by atoms with Crippen LogP contribution in [0.1, 0.15) is 54.8 Å². The average Bonchev–Trinajstić information content (AvgIpc) is 2.70. The van der Waals surface area contributed by atoms with Gasteiger partial charge in [0, 0.05) is 11.1 Å². The number of carbonyl (C=O) groups is 2. The van der Waals surface area contributed by atoms with E-state index in [-0.39, 0.29) is 0 Å². The quantitative estimate of drug-likeness (QED) is 0.620. The molecule has 6 nitrogen and oxygen atoms in total. The number of hydrazine groups is 1. The Labute approximate surface area is 172 Å². The molecule has 156 valence electrons. The van der Waals surface area contributed by atoms with Gasteiger partial charge in [-0.25, -0.2) is 0 Å². The van der Waals surface area contributed by atoms with Crippen LogP contribution in [0.3, 0.4) is 0 Å². The standard InChI is InChI=1S/C23H30N2O4/c1-16(2)12-13-28-20-10-8-18(9-11-20)22(26)24-25-23(27)19-6-5-7-21(14-19)29-15-17(3)4/h5-11,14,16-17H,12-13,15H2,1-4H3,(H,24,26)(H,25,27). The highest BCUT2D eigenvalue weighted by Crippen LogP contribution is 2.15. The van der Waals surface area contributed by atoms with E-state index in [9.17, 15) is 9.59 Å². The Balaban J connectivity index is 1.85. The van der Waals surface area contributed by atoms with Crippen LogP contribution in [0.2, 0.25) is 0 Å². The van der Waals surface area contributed by atoms with Gasteiger partial charge in [0.25, 0.3) is 11.8 Å². The minimum atomic E-state index is -0.415. The summed E-state index contributed by atoms with van der Waals surface area (Å²) in [5, 5.41) is 0. The van der Waals surface area contributed by atoms with Crippen molar-refractivity contribution in [1.29, 1.82) is 0 Å². The lowest BCUT2D eigenvalue weighted by Crippen LogP contribution is -2.41. The van der Waals surface area contributed by atoms with Crippen LogP contribution in [-0.4, -0.2) is 25.0 Å². The number of rotatable bonds is 9. The second-order valence-electron chi connectivity index (χ2n) is 7.70. The zero-order valence-corrected chi connectivity index (χ0v) is 17.5. The highest BCUT2D eigenvalue weighted by Gasteiger charge is 2.10. The Morgan fingerprint density at radius 2 is 1.45 bits per heavy atom. The summed E-state index contributed by atoms with van der Waals surface area (Å²) in [7, 11) is 0. The van der Waals surface area contributed by atoms with Gasteiger partial charge in [0.1, 0.15) is 11.5 Å². The fourth-order valence-electron chi connectivity index (χ4n) is 2.36. The van der Waals surface area contributed by atoms with Crippen molar-refractivity contribution < 1.29 is 19.1 Å². The van der Waals surface area contributed by atoms with Crippen LogP contribution in [-0.2, 0) is 0 Å². The first-order valence-corrected chi connectivity index (χ1v) is 9.91. The molecule has 0 radical (unpaired) electrons. The van der Waals surface area contributed by atoms with E-state index in [1.807, 2.05) is 0 Å². The summed E-state index contributed by atoms with van der Waals surface area (Å²) in [5.74, 6) is 1.47. The van der Waals surface area contributed by atoms with Gasteiger partial charge in [-0.3, -0.25) is 20.4 Å². The molecular formula is C23H30N2O4. The largest absolute Gasteiger partial charge is 0.494 e. The topological polar surface area (TPSA) is 76.7 Å². The normalized spacial score (nSPS) is 10.7. The summed E-state index contributed by atoms with van der Waals surface area (Å²) in [4.78, 5) is 24.5. The van der Waals surface area contributed by atoms with E-state index in [4.69, 9.17) is 9.47 Å². The molecule has 0 unspecified atom stereocenters. The molecule has 0 spiro atoms. The summed E-state index contributed by atoms with van der Waals surface area (Å²) >= 11 is 0. The first-order valence-electron chi connectivity index (χ1n) is 9.91. The molecule has 0 bridgehead atoms. The van der Waals surface area contributed by atoms with E-state index in [0.29, 0.717) is 47.7 Å². The number of benzene rings is 2. The molecular weight excluding hydrogens is 368 g/mol. The van der Waals surface area contributed by atoms with Gasteiger partial charge in [-0.2, -0.15) is 0 Å². The highest BCUT2D eigenvalue weighted by atomic mass is 16.5. The smallest absolute Gasteiger partial charge is 0.269 e. The van der Waals surface area contributed by atoms with Crippen molar-refractivity contribution in [1.82, 2.24) is 10.9 Å². The molecule has 2 amide bonds. The molecule has 0 aliphatic heterocycles. The monoisotopic (exact) mass is 398 g/mol. The van der Waals surface area contributed by atoms with Crippen LogP contribution in [0.15, 0.2) is 48.5 Å². The molecule has 6 heteroatoms. The van der Waals surface area contributed by atoms with Crippen molar-refractivity contribution >= 4 is 11.8 Å². The number of amides is 2. The first kappa shape index (κ1) is 22.3. The van der Waals surface area contributed by atoms with Gasteiger partial charge in [-0.1, -0.05) is 33.8 Å². The summed E-state index contributed by atoms with van der Waals surface area (Å²) in [6, 6.07) is 13.6. The lowest BCUT2D eigenvalue weighted by molar-refractivity contribution is 0.0846. The molecule has 2 rings (SSSR count). The van der Waals surface area contributed by atoms with E-state index in [0.717, 1.165) is 6.42 Å². The summed E-state index contributed by atoms with van der Waals surface area (Å²) in [6.07, 6.45) is 0.970. The van der Waals surface area contributed by atoms with E-state index in [1.165, 1.54) is 0 Å². The second-order valence-corrected chi connectivity index (χ2v) is 7.70. The number of hydrogen-bond acceptors (Lipinski definition) is 4. The third-order valence-electron chi connectivity index (χ3n) is 4.05. The van der Waals surface area contributed by atoms with Crippen LogP contribution < -0.4 is 20.3 Å². The molecule has 0 atom stereocenters. The summed E-state index contributed by atoms with van der Waals surface area (Å²) in [5.41, 5.74) is 5.68. The molecule has 0 saturated heterocycles. The van der Waals surface area contributed by atoms with E-state index in [1.54, 1.807) is 48.5 Å². The van der Waals surface area contributed by atoms with Gasteiger partial charge in [-0.15, -0.1) is 0 Å². The number of carbonyl (C=O) groups excluding carboxylic acids is 2. The highest BCUT2D eigenvalue weighted by molar-refractivity contribution is 5.99. The van der Waals surface area contributed by atoms with Crippen molar-refractivity contribution in [2.24, 2.45) is 11.8 Å². The van der Waals surface area contributed by atoms with E-state index < -0.39 is 11.8 Å². The Hall–Kier alpha value is -3.02. The average molecular weight is 399 g/mol. The molecule has 0 aliphatic rings. The zero-order chi connectivity index (χ0) is 21.2. The molecule has 2 aromatic carbocycles.